The highest BCUT2D eigenvalue weighted by molar-refractivity contribution is 7.89. The van der Waals surface area contributed by atoms with Gasteiger partial charge in [-0.3, -0.25) is 10.1 Å². The lowest BCUT2D eigenvalue weighted by molar-refractivity contribution is -0.384. The first-order chi connectivity index (χ1) is 9.82. The van der Waals surface area contributed by atoms with E-state index in [9.17, 15) is 18.5 Å². The van der Waals surface area contributed by atoms with Gasteiger partial charge in [0.1, 0.15) is 0 Å². The highest BCUT2D eigenvalue weighted by atomic mass is 35.5. The molecule has 1 fully saturated rings. The summed E-state index contributed by atoms with van der Waals surface area (Å²) in [5, 5.41) is 13.8. The molecule has 2 N–H and O–H groups in total. The molecule has 1 aliphatic heterocycles. The maximum atomic E-state index is 12.2. The van der Waals surface area contributed by atoms with Crippen molar-refractivity contribution in [1.29, 1.82) is 0 Å². The van der Waals surface area contributed by atoms with Crippen molar-refractivity contribution in [3.8, 4) is 0 Å². The van der Waals surface area contributed by atoms with Gasteiger partial charge in [-0.2, -0.15) is 0 Å². The van der Waals surface area contributed by atoms with E-state index in [1.807, 2.05) is 6.92 Å². The Morgan fingerprint density at radius 1 is 1.36 bits per heavy atom. The van der Waals surface area contributed by atoms with Crippen LogP contribution in [-0.4, -0.2) is 33.0 Å². The molecule has 0 spiro atoms. The highest BCUT2D eigenvalue weighted by Gasteiger charge is 2.28. The van der Waals surface area contributed by atoms with E-state index in [0.717, 1.165) is 25.9 Å². The van der Waals surface area contributed by atoms with Crippen molar-refractivity contribution in [1.82, 2.24) is 10.0 Å². The van der Waals surface area contributed by atoms with Crippen LogP contribution in [0.3, 0.4) is 0 Å². The topological polar surface area (TPSA) is 101 Å². The van der Waals surface area contributed by atoms with Crippen LogP contribution in [0.1, 0.15) is 19.8 Å². The van der Waals surface area contributed by atoms with Crippen LogP contribution >= 0.6 is 12.4 Å². The highest BCUT2D eigenvalue weighted by Crippen LogP contribution is 2.25. The number of non-ortho nitro benzene ring substituents is 1. The lowest BCUT2D eigenvalue weighted by Crippen LogP contribution is -2.45. The van der Waals surface area contributed by atoms with Gasteiger partial charge in [-0.05, 0) is 36.9 Å². The Balaban J connectivity index is 0.00000242. The van der Waals surface area contributed by atoms with Crippen LogP contribution in [0.4, 0.5) is 5.69 Å². The van der Waals surface area contributed by atoms with E-state index in [1.54, 1.807) is 0 Å². The Morgan fingerprint density at radius 3 is 2.50 bits per heavy atom. The summed E-state index contributed by atoms with van der Waals surface area (Å²) >= 11 is 0. The quantitative estimate of drug-likeness (QED) is 0.622. The lowest BCUT2D eigenvalue weighted by Gasteiger charge is -2.34. The Kier molecular flexibility index (Phi) is 6.30. The smallest absolute Gasteiger partial charge is 0.269 e. The number of nitro benzene ring substituents is 1. The molecule has 9 heteroatoms. The molecular formula is C13H20ClN3O4S. The second-order valence-electron chi connectivity index (χ2n) is 5.67. The molecule has 0 bridgehead atoms. The molecule has 0 amide bonds. The Morgan fingerprint density at radius 2 is 2.00 bits per heavy atom. The predicted molar refractivity (Wildman–Crippen MR) is 85.7 cm³/mol. The van der Waals surface area contributed by atoms with Gasteiger partial charge < -0.3 is 5.32 Å². The van der Waals surface area contributed by atoms with Gasteiger partial charge in [0.2, 0.25) is 10.0 Å². The molecule has 0 aliphatic carbocycles. The molecule has 0 aromatic heterocycles. The number of halogens is 1. The number of rotatable bonds is 5. The van der Waals surface area contributed by atoms with Crippen LogP contribution in [0.25, 0.3) is 0 Å². The molecule has 22 heavy (non-hydrogen) atoms. The minimum atomic E-state index is -3.64. The summed E-state index contributed by atoms with van der Waals surface area (Å²) < 4.78 is 27.0. The number of nitrogens with one attached hydrogen (secondary N) is 2. The number of hydrogen-bond acceptors (Lipinski definition) is 5. The average molecular weight is 350 g/mol. The first-order valence-electron chi connectivity index (χ1n) is 6.77. The zero-order valence-electron chi connectivity index (χ0n) is 12.2. The van der Waals surface area contributed by atoms with E-state index in [0.29, 0.717) is 6.54 Å². The maximum Gasteiger partial charge on any atom is 0.269 e. The third kappa shape index (κ3) is 4.64. The first-order valence-corrected chi connectivity index (χ1v) is 8.26. The predicted octanol–water partition coefficient (Wildman–Crippen LogP) is 1.68. The van der Waals surface area contributed by atoms with Crippen LogP contribution in [0, 0.1) is 15.5 Å². The first kappa shape index (κ1) is 18.8. The molecule has 1 aromatic rings. The van der Waals surface area contributed by atoms with Crippen molar-refractivity contribution >= 4 is 28.1 Å². The molecule has 1 atom stereocenters. The van der Waals surface area contributed by atoms with E-state index in [4.69, 9.17) is 0 Å². The van der Waals surface area contributed by atoms with Crippen molar-refractivity contribution in [2.24, 2.45) is 5.41 Å². The van der Waals surface area contributed by atoms with Crippen molar-refractivity contribution < 1.29 is 13.3 Å². The van der Waals surface area contributed by atoms with Crippen LogP contribution < -0.4 is 10.0 Å². The van der Waals surface area contributed by atoms with Crippen molar-refractivity contribution in [3.63, 3.8) is 0 Å². The Labute approximate surface area is 136 Å². The maximum absolute atomic E-state index is 12.2. The second kappa shape index (κ2) is 7.36. The summed E-state index contributed by atoms with van der Waals surface area (Å²) in [5.74, 6) is 0. The molecular weight excluding hydrogens is 330 g/mol. The van der Waals surface area contributed by atoms with Gasteiger partial charge in [0.05, 0.1) is 9.82 Å². The summed E-state index contributed by atoms with van der Waals surface area (Å²) in [6, 6.07) is 4.89. The van der Waals surface area contributed by atoms with E-state index in [-0.39, 0.29) is 28.4 Å². The van der Waals surface area contributed by atoms with Gasteiger partial charge in [0.15, 0.2) is 0 Å². The number of sulfonamides is 1. The zero-order chi connectivity index (χ0) is 15.5. The van der Waals surface area contributed by atoms with Gasteiger partial charge in [0, 0.05) is 25.2 Å². The Hall–Kier alpha value is -1.22. The molecule has 1 aromatic carbocycles. The molecule has 1 aliphatic rings. The summed E-state index contributed by atoms with van der Waals surface area (Å²) in [6.07, 6.45) is 1.98. The van der Waals surface area contributed by atoms with Crippen molar-refractivity contribution in [2.45, 2.75) is 24.7 Å². The summed E-state index contributed by atoms with van der Waals surface area (Å²) in [5.41, 5.74) is -0.232. The number of benzene rings is 1. The van der Waals surface area contributed by atoms with Crippen LogP contribution in [0.15, 0.2) is 29.2 Å². The van der Waals surface area contributed by atoms with Gasteiger partial charge >= 0.3 is 0 Å². The molecule has 124 valence electrons. The number of piperidine rings is 1. The standard InChI is InChI=1S/C13H19N3O4S.ClH/c1-13(7-2-8-14-9-13)10-15-21(19,20)12-5-3-11(4-6-12)16(17)18;/h3-6,14-15H,2,7-10H2,1H3;1H. The average Bonchev–Trinajstić information content (AvgIpc) is 2.46. The normalized spacial score (nSPS) is 21.9. The third-order valence-electron chi connectivity index (χ3n) is 3.73. The molecule has 1 heterocycles. The fourth-order valence-corrected chi connectivity index (χ4v) is 3.57. The van der Waals surface area contributed by atoms with Crippen LogP contribution in [0.5, 0.6) is 0 Å². The Bertz CT molecular complexity index is 613. The monoisotopic (exact) mass is 349 g/mol. The molecule has 1 unspecified atom stereocenters. The SMILES string of the molecule is CC1(CNS(=O)(=O)c2ccc([N+](=O)[O-])cc2)CCCNC1.Cl. The van der Waals surface area contributed by atoms with Gasteiger partial charge in [-0.15, -0.1) is 12.4 Å². The molecule has 7 nitrogen and oxygen atoms in total. The van der Waals surface area contributed by atoms with Crippen molar-refractivity contribution in [2.75, 3.05) is 19.6 Å². The minimum absolute atomic E-state index is 0. The van der Waals surface area contributed by atoms with E-state index in [1.165, 1.54) is 24.3 Å². The summed E-state index contributed by atoms with van der Waals surface area (Å²) in [7, 11) is -3.64. The fraction of sp³-hybridized carbons (Fsp3) is 0.538. The number of nitrogens with zero attached hydrogens (tertiary/aromatic N) is 1. The van der Waals surface area contributed by atoms with Crippen LogP contribution in [0.2, 0.25) is 0 Å². The van der Waals surface area contributed by atoms with Gasteiger partial charge in [-0.25, -0.2) is 13.1 Å². The largest absolute Gasteiger partial charge is 0.316 e. The van der Waals surface area contributed by atoms with E-state index in [2.05, 4.69) is 10.0 Å². The van der Waals surface area contributed by atoms with Crippen LogP contribution in [-0.2, 0) is 10.0 Å². The van der Waals surface area contributed by atoms with E-state index < -0.39 is 14.9 Å². The fourth-order valence-electron chi connectivity index (χ4n) is 2.37. The molecule has 2 rings (SSSR count). The van der Waals surface area contributed by atoms with Crippen molar-refractivity contribution in [3.05, 3.63) is 34.4 Å². The number of hydrogen-bond donors (Lipinski definition) is 2. The third-order valence-corrected chi connectivity index (χ3v) is 5.15. The zero-order valence-corrected chi connectivity index (χ0v) is 13.9. The molecule has 1 saturated heterocycles. The van der Waals surface area contributed by atoms with Gasteiger partial charge in [0.25, 0.3) is 5.69 Å². The summed E-state index contributed by atoms with van der Waals surface area (Å²) in [4.78, 5) is 10.1. The minimum Gasteiger partial charge on any atom is -0.316 e. The van der Waals surface area contributed by atoms with E-state index >= 15 is 0 Å². The number of nitro groups is 1. The summed E-state index contributed by atoms with van der Waals surface area (Å²) in [6.45, 7) is 4.12. The lowest BCUT2D eigenvalue weighted by atomic mass is 9.83. The van der Waals surface area contributed by atoms with Gasteiger partial charge in [-0.1, -0.05) is 6.92 Å². The molecule has 0 saturated carbocycles. The molecule has 0 radical (unpaired) electrons. The second-order valence-corrected chi connectivity index (χ2v) is 7.43.